The number of methoxy groups -OCH3 is 1. The van der Waals surface area contributed by atoms with Crippen LogP contribution in [0, 0.1) is 29.1 Å². The van der Waals surface area contributed by atoms with Crippen LogP contribution in [-0.4, -0.2) is 41.7 Å². The Hall–Kier alpha value is -3.28. The zero-order valence-electron chi connectivity index (χ0n) is 18.3. The highest BCUT2D eigenvalue weighted by Gasteiger charge is 2.52. The quantitative estimate of drug-likeness (QED) is 0.751. The lowest BCUT2D eigenvalue weighted by atomic mass is 9.74. The molecule has 1 N–H and O–H groups in total. The van der Waals surface area contributed by atoms with Crippen molar-refractivity contribution in [1.29, 1.82) is 5.26 Å². The van der Waals surface area contributed by atoms with E-state index < -0.39 is 6.04 Å². The normalized spacial score (nSPS) is 22.8. The van der Waals surface area contributed by atoms with Gasteiger partial charge in [0, 0.05) is 17.4 Å². The first-order valence-corrected chi connectivity index (χ1v) is 11.3. The summed E-state index contributed by atoms with van der Waals surface area (Å²) in [7, 11) is 1.62. The predicted octanol–water partition coefficient (Wildman–Crippen LogP) is 3.85. The molecule has 2 aromatic rings. The van der Waals surface area contributed by atoms with Crippen LogP contribution in [0.3, 0.4) is 0 Å². The summed E-state index contributed by atoms with van der Waals surface area (Å²) in [5.74, 6) is 6.85. The maximum Gasteiger partial charge on any atom is 0.227 e. The summed E-state index contributed by atoms with van der Waals surface area (Å²) in [5.41, 5.74) is 2.62. The number of amides is 1. The Balaban J connectivity index is 1.50. The van der Waals surface area contributed by atoms with Gasteiger partial charge in [-0.15, -0.1) is 0 Å². The number of carbonyl (C=O) groups excluding carboxylic acids is 1. The first-order chi connectivity index (χ1) is 15.7. The van der Waals surface area contributed by atoms with E-state index >= 15 is 0 Å². The third kappa shape index (κ3) is 4.22. The molecule has 1 amide bonds. The van der Waals surface area contributed by atoms with Crippen molar-refractivity contribution in [1.82, 2.24) is 4.90 Å². The van der Waals surface area contributed by atoms with Crippen molar-refractivity contribution < 1.29 is 14.6 Å². The average molecular weight is 429 g/mol. The summed E-state index contributed by atoms with van der Waals surface area (Å²) in [6.45, 7) is -0.142. The summed E-state index contributed by atoms with van der Waals surface area (Å²) < 4.78 is 5.34. The molecule has 164 valence electrons. The van der Waals surface area contributed by atoms with Crippen molar-refractivity contribution in [3.8, 4) is 23.7 Å². The smallest absolute Gasteiger partial charge is 0.227 e. The third-order valence-corrected chi connectivity index (χ3v) is 6.68. The molecule has 1 saturated heterocycles. The van der Waals surface area contributed by atoms with Crippen LogP contribution < -0.4 is 4.74 Å². The van der Waals surface area contributed by atoms with Crippen LogP contribution in [0.5, 0.6) is 5.75 Å². The highest BCUT2D eigenvalue weighted by molar-refractivity contribution is 5.81. The number of para-hydroxylation sites is 1. The molecule has 2 aromatic carbocycles. The number of carbonyl (C=O) groups is 1. The maximum absolute atomic E-state index is 13.1. The van der Waals surface area contributed by atoms with Crippen LogP contribution >= 0.6 is 0 Å². The van der Waals surface area contributed by atoms with E-state index in [0.29, 0.717) is 0 Å². The number of likely N-dealkylation sites (tertiary alicyclic amines) is 1. The molecule has 1 heterocycles. The highest BCUT2D eigenvalue weighted by atomic mass is 16.5. The molecule has 0 spiro atoms. The van der Waals surface area contributed by atoms with Crippen LogP contribution in [-0.2, 0) is 4.79 Å². The Kier molecular flexibility index (Phi) is 6.78. The zero-order valence-corrected chi connectivity index (χ0v) is 18.3. The molecule has 0 radical (unpaired) electrons. The van der Waals surface area contributed by atoms with E-state index in [1.807, 2.05) is 48.5 Å². The van der Waals surface area contributed by atoms with Crippen molar-refractivity contribution in [2.75, 3.05) is 13.7 Å². The number of nitrogens with zero attached hydrogens (tertiary/aromatic N) is 2. The van der Waals surface area contributed by atoms with Gasteiger partial charge < -0.3 is 14.7 Å². The number of ether oxygens (including phenoxy) is 1. The number of aliphatic hydroxyl groups is 1. The number of hydrogen-bond acceptors (Lipinski definition) is 4. The Labute approximate surface area is 189 Å². The van der Waals surface area contributed by atoms with Crippen molar-refractivity contribution in [3.63, 3.8) is 0 Å². The van der Waals surface area contributed by atoms with E-state index in [0.717, 1.165) is 48.1 Å². The second kappa shape index (κ2) is 9.90. The molecule has 5 heteroatoms. The molecule has 1 aliphatic carbocycles. The Morgan fingerprint density at radius 1 is 1.09 bits per heavy atom. The Bertz CT molecular complexity index is 1050. The summed E-state index contributed by atoms with van der Waals surface area (Å²) in [6.07, 6.45) is 5.06. The molecule has 3 atom stereocenters. The minimum absolute atomic E-state index is 0.0118. The van der Waals surface area contributed by atoms with Crippen molar-refractivity contribution in [2.45, 2.75) is 50.1 Å². The molecule has 5 nitrogen and oxygen atoms in total. The second-order valence-corrected chi connectivity index (χ2v) is 8.50. The molecule has 2 fully saturated rings. The van der Waals surface area contributed by atoms with Crippen molar-refractivity contribution >= 4 is 5.91 Å². The van der Waals surface area contributed by atoms with E-state index in [1.54, 1.807) is 12.0 Å². The minimum atomic E-state index is -0.535. The predicted molar refractivity (Wildman–Crippen MR) is 122 cm³/mol. The fraction of sp³-hybridized carbons (Fsp3) is 0.407. The molecular weight excluding hydrogens is 400 g/mol. The zero-order chi connectivity index (χ0) is 22.5. The summed E-state index contributed by atoms with van der Waals surface area (Å²) in [6, 6.07) is 16.8. The van der Waals surface area contributed by atoms with E-state index in [9.17, 15) is 15.2 Å². The fourth-order valence-electron chi connectivity index (χ4n) is 4.95. The van der Waals surface area contributed by atoms with Gasteiger partial charge in [0.1, 0.15) is 11.8 Å². The standard InChI is InChI=1S/C27H28N2O3/c1-32-25-10-6-5-7-20(25)14-11-19-12-15-21(16-13-19)26-23(17-28)29(24(26)18-30)27(31)22-8-3-2-4-9-22/h5-7,10,12-13,15-16,22-24,26,30H,2-4,8-9,18H2,1H3/t23-,24-,26-/m0/s1. The van der Waals surface area contributed by atoms with Gasteiger partial charge in [-0.05, 0) is 42.7 Å². The molecule has 2 aliphatic rings. The van der Waals surface area contributed by atoms with E-state index in [2.05, 4.69) is 17.9 Å². The Morgan fingerprint density at radius 3 is 2.47 bits per heavy atom. The maximum atomic E-state index is 13.1. The lowest BCUT2D eigenvalue weighted by Crippen LogP contribution is -2.66. The molecule has 0 aromatic heterocycles. The van der Waals surface area contributed by atoms with Crippen LogP contribution in [0.2, 0.25) is 0 Å². The number of rotatable bonds is 4. The first-order valence-electron chi connectivity index (χ1n) is 11.3. The molecule has 0 unspecified atom stereocenters. The highest BCUT2D eigenvalue weighted by Crippen LogP contribution is 2.42. The average Bonchev–Trinajstić information content (AvgIpc) is 2.84. The molecule has 1 saturated carbocycles. The first kappa shape index (κ1) is 21.9. The molecule has 4 rings (SSSR count). The fourth-order valence-corrected chi connectivity index (χ4v) is 4.95. The van der Waals surface area contributed by atoms with Gasteiger partial charge in [-0.25, -0.2) is 0 Å². The van der Waals surface area contributed by atoms with Crippen LogP contribution in [0.15, 0.2) is 48.5 Å². The largest absolute Gasteiger partial charge is 0.495 e. The number of benzene rings is 2. The molecule has 32 heavy (non-hydrogen) atoms. The summed E-state index contributed by atoms with van der Waals surface area (Å²) in [4.78, 5) is 14.7. The van der Waals surface area contributed by atoms with E-state index in [-0.39, 0.29) is 30.4 Å². The van der Waals surface area contributed by atoms with Gasteiger partial charge in [-0.1, -0.05) is 55.4 Å². The molecule has 0 bridgehead atoms. The molecule has 1 aliphatic heterocycles. The minimum Gasteiger partial charge on any atom is -0.495 e. The van der Waals surface area contributed by atoms with Crippen LogP contribution in [0.1, 0.15) is 54.7 Å². The lowest BCUT2D eigenvalue weighted by Gasteiger charge is -2.52. The van der Waals surface area contributed by atoms with Gasteiger partial charge in [-0.3, -0.25) is 4.79 Å². The number of hydrogen-bond donors (Lipinski definition) is 1. The van der Waals surface area contributed by atoms with Gasteiger partial charge in [0.05, 0.1) is 31.4 Å². The lowest BCUT2D eigenvalue weighted by molar-refractivity contribution is -0.152. The monoisotopic (exact) mass is 428 g/mol. The van der Waals surface area contributed by atoms with Crippen LogP contribution in [0.25, 0.3) is 0 Å². The third-order valence-electron chi connectivity index (χ3n) is 6.68. The van der Waals surface area contributed by atoms with Crippen LogP contribution in [0.4, 0.5) is 0 Å². The summed E-state index contributed by atoms with van der Waals surface area (Å²) in [5, 5.41) is 19.8. The topological polar surface area (TPSA) is 73.6 Å². The van der Waals surface area contributed by atoms with Gasteiger partial charge >= 0.3 is 0 Å². The van der Waals surface area contributed by atoms with E-state index in [1.165, 1.54) is 6.42 Å². The van der Waals surface area contributed by atoms with Gasteiger partial charge in [0.15, 0.2) is 0 Å². The number of nitriles is 1. The number of aliphatic hydroxyl groups excluding tert-OH is 1. The van der Waals surface area contributed by atoms with Crippen molar-refractivity contribution in [3.05, 3.63) is 65.2 Å². The van der Waals surface area contributed by atoms with E-state index in [4.69, 9.17) is 4.74 Å². The van der Waals surface area contributed by atoms with Gasteiger partial charge in [0.25, 0.3) is 0 Å². The van der Waals surface area contributed by atoms with Gasteiger partial charge in [0.2, 0.25) is 5.91 Å². The summed E-state index contributed by atoms with van der Waals surface area (Å²) >= 11 is 0. The Morgan fingerprint density at radius 2 is 1.81 bits per heavy atom. The SMILES string of the molecule is COc1ccccc1C#Cc1ccc([C@H]2[C@H](C#N)N(C(=O)C3CCCCC3)[C@H]2CO)cc1. The second-order valence-electron chi connectivity index (χ2n) is 8.50. The van der Waals surface area contributed by atoms with Crippen molar-refractivity contribution in [2.24, 2.45) is 5.92 Å². The molecular formula is C27H28N2O3. The van der Waals surface area contributed by atoms with Gasteiger partial charge in [-0.2, -0.15) is 5.26 Å².